The van der Waals surface area contributed by atoms with Gasteiger partial charge in [-0.25, -0.2) is 49.3 Å². The summed E-state index contributed by atoms with van der Waals surface area (Å²) in [5.74, 6) is -0.202. The maximum atomic E-state index is 12.0. The molecule has 4 aliphatic carbocycles. The minimum Gasteiger partial charge on any atom is -0.506 e. The van der Waals surface area contributed by atoms with Crippen LogP contribution < -0.4 is 22.9 Å². The van der Waals surface area contributed by atoms with Crippen molar-refractivity contribution in [3.8, 4) is 5.75 Å². The summed E-state index contributed by atoms with van der Waals surface area (Å²) in [6.07, 6.45) is 20.0. The summed E-state index contributed by atoms with van der Waals surface area (Å²) in [6.45, 7) is 23.0. The number of hydrogen-bond donors (Lipinski definition) is 8. The number of carbonyl (C=O) groups excluding carboxylic acids is 8. The van der Waals surface area contributed by atoms with Gasteiger partial charge in [0.25, 0.3) is 0 Å². The van der Waals surface area contributed by atoms with Crippen LogP contribution in [0.25, 0.3) is 99.8 Å². The number of amides is 4. The van der Waals surface area contributed by atoms with Crippen LogP contribution in [0.4, 0.5) is 0 Å². The number of aliphatic carboxylic acids is 1. The maximum Gasteiger partial charge on any atom is 0.337 e. The Labute approximate surface area is 858 Å². The molecule has 30 nitrogen and oxygen atoms in total. The summed E-state index contributed by atoms with van der Waals surface area (Å²) in [7, 11) is 1.33. The van der Waals surface area contributed by atoms with E-state index in [4.69, 9.17) is 33.1 Å². The van der Waals surface area contributed by atoms with Gasteiger partial charge in [-0.3, -0.25) is 53.5 Å². The number of rotatable bonds is 17. The second-order valence-electron chi connectivity index (χ2n) is 39.0. The molecule has 20 rings (SSSR count). The zero-order valence-corrected chi connectivity index (χ0v) is 85.6. The molecule has 12 N–H and O–H groups in total. The van der Waals surface area contributed by atoms with Gasteiger partial charge in [-0.15, -0.1) is 0 Å². The standard InChI is InChI=1S/C15H19N3O.C15H17N3O.C15H16N2O2.C15H14N2O2.C15H16N2O2.C15H13NO3.C14H12BrNO.C12H11NO3/c2*1-10(2)7-13-5-4-12-8-11(3-6-14(16)19)9-17-15(12)18-13;2*1-8-4-13-11(14(18)5-8)7-10-6-9(15(16)19)2-3-12(10)17-13;1-10(2)7-13-5-4-12-8-11(3-6-14(18)19)9-16-15(12)17-13;1-8-4-13-11(14(17)5-8)7-10-6-9(15(18)19)2-3-12(10)16-13;1-8-4-13-11(14(17)5-8)7-9-6-10(15)2-3-12(9)16-13;1-7-11(14)6-9-5-8(12(15)16-2)3-4-10(9)13-7/h4-5,8-10H,3,6-7H2,1-2H3,(H2,16,19);3-6,8-10H,7H2,1-2H3,(H2,16,19);2-3,6-8,14,18H,4-5H2,1H3,(H2,16,19);2-3,6-8H,4-5H2,1H3,(H2,16,19);3-6,8-10H,7H2,1-2H3,(H,18,19);2-3,6-8H,4-5H2,1H3,(H,18,19);2-3,6-8H,4-5H2,1H3;3-6,14H,1-2H3/b;6-3+;;;6-3+;;;. The number of primary amides is 4. The van der Waals surface area contributed by atoms with Crippen LogP contribution in [0.15, 0.2) is 211 Å². The highest BCUT2D eigenvalue weighted by Gasteiger charge is 2.29. The molecule has 31 heteroatoms. The molecule has 4 amide bonds. The predicted octanol–water partition coefficient (Wildman–Crippen LogP) is 20.0. The lowest BCUT2D eigenvalue weighted by atomic mass is 9.85. The number of carboxylic acids is 2. The van der Waals surface area contributed by atoms with Gasteiger partial charge < -0.3 is 48.1 Å². The van der Waals surface area contributed by atoms with E-state index < -0.39 is 41.7 Å². The third-order valence-corrected chi connectivity index (χ3v) is 25.2. The number of aromatic nitrogens is 11. The zero-order valence-electron chi connectivity index (χ0n) is 84.0. The van der Waals surface area contributed by atoms with E-state index in [9.17, 15) is 58.2 Å². The molecule has 4 aliphatic rings. The van der Waals surface area contributed by atoms with Crippen molar-refractivity contribution in [1.29, 1.82) is 0 Å². The number of aliphatic hydroxyl groups excluding tert-OH is 1. The summed E-state index contributed by atoms with van der Waals surface area (Å²) in [5.41, 5.74) is 41.6. The van der Waals surface area contributed by atoms with Gasteiger partial charge in [-0.2, -0.15) is 0 Å². The van der Waals surface area contributed by atoms with Crippen molar-refractivity contribution in [1.82, 2.24) is 54.8 Å². The fourth-order valence-electron chi connectivity index (χ4n) is 17.6. The molecule has 147 heavy (non-hydrogen) atoms. The molecular formula is C116H118BrN15O15. The second kappa shape index (κ2) is 49.0. The maximum absolute atomic E-state index is 12.0. The number of aliphatic hydroxyl groups is 1. The van der Waals surface area contributed by atoms with Crippen LogP contribution in [0.2, 0.25) is 0 Å². The Balaban J connectivity index is 0.000000140. The minimum atomic E-state index is -0.973. The van der Waals surface area contributed by atoms with Gasteiger partial charge in [-0.1, -0.05) is 85.2 Å². The average molecular weight is 2040 g/mol. The molecule has 5 aromatic carbocycles. The van der Waals surface area contributed by atoms with Crippen LogP contribution in [-0.2, 0) is 70.5 Å². The smallest absolute Gasteiger partial charge is 0.337 e. The Hall–Kier alpha value is -16.2. The van der Waals surface area contributed by atoms with Gasteiger partial charge in [0.15, 0.2) is 34.3 Å². The van der Waals surface area contributed by atoms with E-state index >= 15 is 0 Å². The first-order chi connectivity index (χ1) is 70.0. The number of ketones is 3. The van der Waals surface area contributed by atoms with Crippen molar-refractivity contribution in [2.45, 2.75) is 166 Å². The number of fused-ring (bicyclic) bond motifs is 12. The van der Waals surface area contributed by atoms with E-state index in [0.717, 1.165) is 201 Å². The highest BCUT2D eigenvalue weighted by Crippen LogP contribution is 2.37. The predicted molar refractivity (Wildman–Crippen MR) is 573 cm³/mol. The summed E-state index contributed by atoms with van der Waals surface area (Å²) in [6, 6.07) is 53.2. The molecule has 0 saturated carbocycles. The Morgan fingerprint density at radius 1 is 0.422 bits per heavy atom. The first-order valence-corrected chi connectivity index (χ1v) is 49.4. The van der Waals surface area contributed by atoms with Crippen LogP contribution in [0, 0.1) is 48.3 Å². The van der Waals surface area contributed by atoms with Crippen LogP contribution in [0.3, 0.4) is 0 Å². The quantitative estimate of drug-likeness (QED) is 0.0310. The molecule has 11 heterocycles. The van der Waals surface area contributed by atoms with Crippen molar-refractivity contribution in [2.24, 2.45) is 64.4 Å². The number of ether oxygens (including phenoxy) is 1. The molecule has 0 fully saturated rings. The number of carboxylic acid groups (broad SMARTS) is 2. The number of esters is 1. The number of pyridine rings is 11. The normalized spacial score (nSPS) is 15.4. The largest absolute Gasteiger partial charge is 0.506 e. The van der Waals surface area contributed by atoms with E-state index in [2.05, 4.69) is 138 Å². The van der Waals surface area contributed by atoms with E-state index in [-0.39, 0.29) is 34.6 Å². The van der Waals surface area contributed by atoms with Gasteiger partial charge in [0, 0.05) is 160 Å². The monoisotopic (exact) mass is 2040 g/mol. The lowest BCUT2D eigenvalue weighted by molar-refractivity contribution is -0.131. The number of hydrogen-bond acceptors (Lipinski definition) is 24. The number of aromatic hydroxyl groups is 1. The van der Waals surface area contributed by atoms with Crippen molar-refractivity contribution in [3.63, 3.8) is 0 Å². The Bertz CT molecular complexity index is 7630. The second-order valence-corrected chi connectivity index (χ2v) is 39.9. The number of benzene rings is 5. The summed E-state index contributed by atoms with van der Waals surface area (Å²) >= 11 is 3.44. The van der Waals surface area contributed by atoms with Crippen LogP contribution in [0.1, 0.15) is 248 Å². The molecule has 16 aromatic rings. The fourth-order valence-corrected chi connectivity index (χ4v) is 18.0. The van der Waals surface area contributed by atoms with Crippen LogP contribution in [0.5, 0.6) is 5.75 Å². The summed E-state index contributed by atoms with van der Waals surface area (Å²) in [4.78, 5) is 162. The minimum absolute atomic E-state index is 0.101. The third-order valence-electron chi connectivity index (χ3n) is 24.7. The molecule has 0 spiro atoms. The number of carbonyl (C=O) groups is 10. The first kappa shape index (κ1) is 108. The molecular weight excluding hydrogens is 1920 g/mol. The number of Topliss-reactive ketones (excluding diaryl/α,β-unsaturated/α-hetero) is 3. The lowest BCUT2D eigenvalue weighted by Gasteiger charge is -2.25. The Kier molecular flexibility index (Phi) is 36.0. The van der Waals surface area contributed by atoms with E-state index in [1.165, 1.54) is 25.3 Å². The van der Waals surface area contributed by atoms with Gasteiger partial charge >= 0.3 is 17.9 Å². The van der Waals surface area contributed by atoms with Crippen molar-refractivity contribution >= 4 is 175 Å². The van der Waals surface area contributed by atoms with Gasteiger partial charge in [-0.05, 0) is 311 Å². The molecule has 0 bridgehead atoms. The molecule has 11 aromatic heterocycles. The Morgan fingerprint density at radius 3 is 1.23 bits per heavy atom. The van der Waals surface area contributed by atoms with Gasteiger partial charge in [0.2, 0.25) is 23.6 Å². The van der Waals surface area contributed by atoms with Crippen molar-refractivity contribution in [3.05, 3.63) is 318 Å². The van der Waals surface area contributed by atoms with E-state index in [1.807, 2.05) is 97.9 Å². The number of nitrogens with two attached hydrogens (primary N) is 4. The lowest BCUT2D eigenvalue weighted by Crippen LogP contribution is -2.19. The summed E-state index contributed by atoms with van der Waals surface area (Å²) < 4.78 is 5.63. The molecule has 0 saturated heterocycles. The van der Waals surface area contributed by atoms with E-state index in [1.54, 1.807) is 110 Å². The highest BCUT2D eigenvalue weighted by atomic mass is 79.9. The average Bonchev–Trinajstić information content (AvgIpc) is 0.784. The SMILES string of the molecule is CC(C)Cc1ccc2cc(/C=C/C(=O)O)cnc2n1.CC(C)Cc1ccc2cc(/C=C/C(N)=O)cnc2n1.CC(C)Cc1ccc2cc(CCC(N)=O)cnc2n1.CC1CC(=O)c2cc3cc(Br)ccc3nc2C1.CC1CC(=O)c2cc3cc(C(=O)O)ccc3nc2C1.CC1CC(=O)c2cc3cc(C(N)=O)ccc3nc2C1.CC1Cc2nc3ccc(C(N)=O)cc3cc2C(O)C1.COC(=O)c1ccc2nc(C)c(O)cc2c1. The molecule has 5 unspecified atom stereocenters. The number of aryl methyl sites for hydroxylation is 2. The third kappa shape index (κ3) is 29.6. The summed E-state index contributed by atoms with van der Waals surface area (Å²) in [5, 5.41) is 44.2. The van der Waals surface area contributed by atoms with Gasteiger partial charge in [0.1, 0.15) is 5.75 Å². The Morgan fingerprint density at radius 2 is 0.803 bits per heavy atom. The number of halogens is 1. The van der Waals surface area contributed by atoms with Crippen molar-refractivity contribution < 1.29 is 73.1 Å². The number of aromatic carboxylic acids is 1. The van der Waals surface area contributed by atoms with Crippen molar-refractivity contribution in [2.75, 3.05) is 7.11 Å². The first-order valence-electron chi connectivity index (χ1n) is 48.6. The van der Waals surface area contributed by atoms with E-state index in [0.29, 0.717) is 123 Å². The zero-order chi connectivity index (χ0) is 106. The number of nitrogens with zero attached hydrogens (tertiary/aromatic N) is 11. The topological polar surface area (TPSA) is 507 Å². The molecule has 754 valence electrons. The van der Waals surface area contributed by atoms with Crippen LogP contribution >= 0.6 is 15.9 Å². The highest BCUT2D eigenvalue weighted by molar-refractivity contribution is 9.10. The van der Waals surface area contributed by atoms with Gasteiger partial charge in [0.05, 0.1) is 74.7 Å². The fraction of sp³-hybridized carbons (Fsp3) is 0.284. The molecule has 0 radical (unpaired) electrons. The number of methoxy groups -OCH3 is 1. The molecule has 5 atom stereocenters. The molecule has 0 aliphatic heterocycles. The van der Waals surface area contributed by atoms with Crippen LogP contribution in [-0.4, -0.2) is 141 Å².